The van der Waals surface area contributed by atoms with Gasteiger partial charge >= 0.3 is 0 Å². The minimum Gasteiger partial charge on any atom is -0.456 e. The molecule has 145 heavy (non-hydrogen) atoms. The van der Waals surface area contributed by atoms with E-state index >= 15 is 0 Å². The number of para-hydroxylation sites is 7. The summed E-state index contributed by atoms with van der Waals surface area (Å²) in [6.45, 7) is 4.73. The fraction of sp³-hybridized carbons (Fsp3) is 0.0370. The number of aromatic nitrogens is 3. The normalized spacial score (nSPS) is 13.7. The number of fused-ring (bicyclic) bond motifs is 39. The topological polar surface area (TPSA) is 36.1 Å². The van der Waals surface area contributed by atoms with Gasteiger partial charge in [-0.1, -0.05) is 287 Å². The van der Waals surface area contributed by atoms with Crippen molar-refractivity contribution in [1.29, 1.82) is 0 Å². The van der Waals surface area contributed by atoms with Crippen LogP contribution in [0, 0.1) is 0 Å². The second-order valence-electron chi connectivity index (χ2n) is 39.9. The van der Waals surface area contributed by atoms with Crippen LogP contribution in [-0.2, 0) is 11.8 Å². The van der Waals surface area contributed by atoms with Gasteiger partial charge in [0.25, 0.3) is 0 Å². The second kappa shape index (κ2) is 30.7. The van der Waals surface area contributed by atoms with E-state index in [-0.39, 0.29) is 11.5 Å². The van der Waals surface area contributed by atoms with E-state index in [1.807, 2.05) is 40.1 Å². The Morgan fingerprint density at radius 3 is 1.10 bits per heavy atom. The van der Waals surface area contributed by atoms with Crippen LogP contribution in [0.3, 0.4) is 0 Å². The van der Waals surface area contributed by atoms with Crippen LogP contribution in [0.2, 0.25) is 0 Å². The summed E-state index contributed by atoms with van der Waals surface area (Å²) in [7, 11) is 0. The highest BCUT2D eigenvalue weighted by Gasteiger charge is 2.37. The Labute approximate surface area is 843 Å². The first-order chi connectivity index (χ1) is 71.7. The van der Waals surface area contributed by atoms with E-state index in [1.165, 1.54) is 247 Å². The van der Waals surface area contributed by atoms with E-state index in [1.54, 1.807) is 0 Å². The maximum Gasteiger partial charge on any atom is 0.137 e. The molecule has 0 fully saturated rings. The van der Waals surface area contributed by atoms with Crippen molar-refractivity contribution in [1.82, 2.24) is 13.2 Å². The molecule has 0 spiro atoms. The lowest BCUT2D eigenvalue weighted by Gasteiger charge is -2.34. The van der Waals surface area contributed by atoms with E-state index in [0.717, 1.165) is 56.8 Å². The third-order valence-corrected chi connectivity index (χ3v) is 35.5. The molecule has 678 valence electrons. The van der Waals surface area contributed by atoms with Crippen molar-refractivity contribution in [3.8, 4) is 11.1 Å². The lowest BCUT2D eigenvalue weighted by atomic mass is 9.82. The maximum absolute atomic E-state index is 6.41. The van der Waals surface area contributed by atoms with Gasteiger partial charge in [0, 0.05) is 182 Å². The molecule has 10 heteroatoms. The predicted molar refractivity (Wildman–Crippen MR) is 623 cm³/mol. The van der Waals surface area contributed by atoms with Crippen LogP contribution in [0.5, 0.6) is 0 Å². The van der Waals surface area contributed by atoms with Crippen LogP contribution in [0.4, 0.5) is 45.5 Å². The van der Waals surface area contributed by atoms with Crippen molar-refractivity contribution < 1.29 is 4.42 Å². The van der Waals surface area contributed by atoms with Crippen molar-refractivity contribution in [2.24, 2.45) is 0 Å². The van der Waals surface area contributed by atoms with E-state index in [0.29, 0.717) is 0 Å². The zero-order valence-electron chi connectivity index (χ0n) is 78.9. The van der Waals surface area contributed by atoms with Gasteiger partial charge in [-0.3, -0.25) is 0 Å². The first-order valence-corrected chi connectivity index (χ1v) is 52.5. The monoisotopic (exact) mass is 1900 g/mol. The van der Waals surface area contributed by atoms with Crippen molar-refractivity contribution in [2.75, 3.05) is 14.7 Å². The number of hydrogen-bond acceptors (Lipinski definition) is 7. The summed E-state index contributed by atoms with van der Waals surface area (Å²) < 4.78 is 20.4. The third kappa shape index (κ3) is 11.8. The first kappa shape index (κ1) is 81.1. The minimum atomic E-state index is -0.0840. The van der Waals surface area contributed by atoms with Crippen molar-refractivity contribution in [2.45, 2.75) is 31.7 Å². The fourth-order valence-corrected chi connectivity index (χ4v) is 29.0. The Balaban J connectivity index is 0.0000000972. The highest BCUT2D eigenvalue weighted by molar-refractivity contribution is 7.26. The number of anilines is 8. The van der Waals surface area contributed by atoms with Crippen LogP contribution in [0.1, 0.15) is 35.4 Å². The van der Waals surface area contributed by atoms with Gasteiger partial charge in [0.15, 0.2) is 0 Å². The smallest absolute Gasteiger partial charge is 0.137 e. The summed E-state index contributed by atoms with van der Waals surface area (Å²) in [5, 5.41) is 32.1. The standard InChI is InChI=1S/C48H28N2S.C45H30N2S.C42H26N2OS/c1-2-12-34-32(10-1)33-11-3-4-13-35(33)41-26-29(20-23-36(34)41)49(31-22-25-47-43(28-31)38-15-6-8-19-46(38)51-47)30-21-24-45-42(27-30)40-17-9-16-39-37-14-5-7-18-44(37)50(45)48(39)40;1-45(2)38-15-6-3-10-30(38)31-21-18-29(26-39(31)45)46(28-20-23-43-37(25-28)33-12-5-8-17-42(33)48-43)27-19-22-41-36(24-27)35-14-9-13-34-32-11-4-7-16-40(32)47(41)44(34)35;1-4-13-36-28(8-1)32-11-7-12-33-34-22-25(17-20-37(34)44(36)42(32)33)43(26-18-21-41-35(23-26)31-10-3-6-15-40(31)46-41)27-16-19-30-29-9-2-5-14-38(29)45-39(30)24-27/h1-28H;3-26H,1-2H3;1-22,24,26H,23H2. The molecule has 0 saturated heterocycles. The Morgan fingerprint density at radius 1 is 0.234 bits per heavy atom. The molecule has 0 bridgehead atoms. The van der Waals surface area contributed by atoms with Gasteiger partial charge in [0.05, 0.1) is 55.7 Å². The quantitative estimate of drug-likeness (QED) is 0.135. The summed E-state index contributed by atoms with van der Waals surface area (Å²) in [6.07, 6.45) is 5.67. The maximum atomic E-state index is 6.41. The first-order valence-electron chi connectivity index (χ1n) is 50.1. The molecule has 2 aliphatic carbocycles. The third-order valence-electron chi connectivity index (χ3n) is 32.0. The SMILES string of the molecule is C1=CC(N(c2ccc3c(c2)oc2ccccc23)c2ccc3c(c2)c2cccc4c5ccccc5n3c42)Cc2c1sc1ccccc21.CC1(C)c2ccccc2-c2ccc(N(c3ccc4sc5ccccc5c4c3)c3ccc4c(c3)c3cccc5c6ccccc6n4c53)cc21.c1ccc2c(c1)sc1ccc(N(c3ccc4c5ccccc5c5ccccc5c4c3)c3ccc4c(c3)c3cccc5c6ccccc6n4c53)cc12. The molecule has 32 aromatic rings. The molecule has 10 aromatic heterocycles. The van der Waals surface area contributed by atoms with E-state index < -0.39 is 0 Å². The van der Waals surface area contributed by atoms with Gasteiger partial charge in [-0.2, -0.15) is 0 Å². The van der Waals surface area contributed by atoms with Crippen molar-refractivity contribution in [3.05, 3.63) is 470 Å². The average molecular weight is 1900 g/mol. The van der Waals surface area contributed by atoms with Crippen LogP contribution in [0.25, 0.3) is 236 Å². The Bertz CT molecular complexity index is 11100. The Kier molecular flexibility index (Phi) is 17.2. The number of benzene rings is 22. The van der Waals surface area contributed by atoms with Crippen molar-refractivity contribution >= 4 is 305 Å². The van der Waals surface area contributed by atoms with Crippen LogP contribution < -0.4 is 14.7 Å². The highest BCUT2D eigenvalue weighted by Crippen LogP contribution is 2.55. The van der Waals surface area contributed by atoms with Crippen LogP contribution >= 0.6 is 34.0 Å². The molecular formula is C135H84N6OS3. The number of nitrogens with zero attached hydrogens (tertiary/aromatic N) is 6. The molecule has 34 rings (SSSR count). The van der Waals surface area contributed by atoms with Gasteiger partial charge in [0.2, 0.25) is 0 Å². The molecule has 0 N–H and O–H groups in total. The molecule has 0 aliphatic heterocycles. The Hall–Kier alpha value is -17.6. The minimum absolute atomic E-state index is 0.0840. The van der Waals surface area contributed by atoms with E-state index in [2.05, 4.69) is 491 Å². The number of rotatable bonds is 9. The zero-order valence-corrected chi connectivity index (χ0v) is 81.4. The molecule has 0 radical (unpaired) electrons. The molecule has 0 amide bonds. The number of hydrogen-bond donors (Lipinski definition) is 0. The van der Waals surface area contributed by atoms with Gasteiger partial charge in [-0.05, 0) is 248 Å². The Morgan fingerprint density at radius 2 is 0.566 bits per heavy atom. The summed E-state index contributed by atoms with van der Waals surface area (Å²) in [4.78, 5) is 8.82. The molecule has 1 unspecified atom stereocenters. The summed E-state index contributed by atoms with van der Waals surface area (Å²) in [5.41, 5.74) is 29.3. The molecule has 7 nitrogen and oxygen atoms in total. The van der Waals surface area contributed by atoms with E-state index in [9.17, 15) is 0 Å². The molecule has 2 aliphatic rings. The van der Waals surface area contributed by atoms with Gasteiger partial charge in [-0.15, -0.1) is 34.0 Å². The largest absolute Gasteiger partial charge is 0.456 e. The lowest BCUT2D eigenvalue weighted by Crippen LogP contribution is -2.32. The number of furan rings is 1. The molecule has 1 atom stereocenters. The summed E-state index contributed by atoms with van der Waals surface area (Å²) in [6, 6.07) is 164. The fourth-order valence-electron chi connectivity index (χ4n) is 25.7. The van der Waals surface area contributed by atoms with Crippen LogP contribution in [-0.4, -0.2) is 19.2 Å². The second-order valence-corrected chi connectivity index (χ2v) is 43.2. The van der Waals surface area contributed by atoms with Crippen molar-refractivity contribution in [3.63, 3.8) is 0 Å². The zero-order chi connectivity index (χ0) is 94.9. The van der Waals surface area contributed by atoms with Gasteiger partial charge in [0.1, 0.15) is 11.2 Å². The highest BCUT2D eigenvalue weighted by atomic mass is 32.1. The number of thiophene rings is 3. The predicted octanol–water partition coefficient (Wildman–Crippen LogP) is 38.8. The van der Waals surface area contributed by atoms with E-state index in [4.69, 9.17) is 4.42 Å². The molecule has 22 aromatic carbocycles. The lowest BCUT2D eigenvalue weighted by molar-refractivity contribution is 0.660. The van der Waals surface area contributed by atoms with Gasteiger partial charge in [-0.25, -0.2) is 0 Å². The molecular weight excluding hydrogens is 1820 g/mol. The summed E-state index contributed by atoms with van der Waals surface area (Å²) in [5.74, 6) is 0. The average Bonchev–Trinajstić information content (AvgIpc) is 1.55. The van der Waals surface area contributed by atoms with Crippen LogP contribution in [0.15, 0.2) is 453 Å². The molecule has 10 heterocycles. The van der Waals surface area contributed by atoms with Gasteiger partial charge < -0.3 is 32.3 Å². The summed E-state index contributed by atoms with van der Waals surface area (Å²) >= 11 is 5.63. The molecule has 0 saturated carbocycles.